The number of rotatable bonds is 4. The second-order valence-corrected chi connectivity index (χ2v) is 4.35. The molecule has 1 aliphatic heterocycles. The number of nitrogens with zero attached hydrogens (tertiary/aromatic N) is 1. The summed E-state index contributed by atoms with van der Waals surface area (Å²) in [5.41, 5.74) is 0.636. The Balaban J connectivity index is 2.37. The molecule has 2 rings (SSSR count). The van der Waals surface area contributed by atoms with E-state index in [4.69, 9.17) is 26.3 Å². The van der Waals surface area contributed by atoms with Crippen molar-refractivity contribution in [2.24, 2.45) is 0 Å². The van der Waals surface area contributed by atoms with E-state index in [0.717, 1.165) is 0 Å². The standard InChI is InChI=1S/C13H10ClN3O4/c1-20-10-6-7(4-8(14)11(10)21-3-2-15)5-9-12(18)17-13(19)16-9/h4-6H,3H2,1H3,(H2,16,17,18,19). The van der Waals surface area contributed by atoms with Gasteiger partial charge in [0.1, 0.15) is 11.8 Å². The van der Waals surface area contributed by atoms with E-state index in [1.807, 2.05) is 6.07 Å². The van der Waals surface area contributed by atoms with Crippen LogP contribution < -0.4 is 20.1 Å². The van der Waals surface area contributed by atoms with E-state index in [9.17, 15) is 9.59 Å². The number of halogens is 1. The number of nitrogens with one attached hydrogen (secondary N) is 2. The summed E-state index contributed by atoms with van der Waals surface area (Å²) in [6, 6.07) is 4.35. The van der Waals surface area contributed by atoms with Crippen LogP contribution in [0.4, 0.5) is 4.79 Å². The fraction of sp³-hybridized carbons (Fsp3) is 0.154. The highest BCUT2D eigenvalue weighted by Crippen LogP contribution is 2.36. The van der Waals surface area contributed by atoms with Crippen LogP contribution in [0.3, 0.4) is 0 Å². The molecule has 108 valence electrons. The number of urea groups is 1. The van der Waals surface area contributed by atoms with Crippen LogP contribution in [-0.4, -0.2) is 25.7 Å². The van der Waals surface area contributed by atoms with Gasteiger partial charge in [0.25, 0.3) is 5.91 Å². The van der Waals surface area contributed by atoms with Crippen molar-refractivity contribution in [2.45, 2.75) is 0 Å². The maximum absolute atomic E-state index is 11.4. The molecule has 21 heavy (non-hydrogen) atoms. The normalized spacial score (nSPS) is 15.4. The smallest absolute Gasteiger partial charge is 0.326 e. The zero-order valence-electron chi connectivity index (χ0n) is 10.9. The highest BCUT2D eigenvalue weighted by Gasteiger charge is 2.23. The van der Waals surface area contributed by atoms with Crippen molar-refractivity contribution >= 4 is 29.6 Å². The molecular weight excluding hydrogens is 298 g/mol. The minimum atomic E-state index is -0.585. The molecule has 0 unspecified atom stereocenters. The molecule has 1 fully saturated rings. The summed E-state index contributed by atoms with van der Waals surface area (Å²) in [4.78, 5) is 22.5. The number of methoxy groups -OCH3 is 1. The van der Waals surface area contributed by atoms with Crippen LogP contribution in [-0.2, 0) is 4.79 Å². The molecule has 1 saturated heterocycles. The summed E-state index contributed by atoms with van der Waals surface area (Å²) in [7, 11) is 1.42. The van der Waals surface area contributed by atoms with Gasteiger partial charge in [-0.15, -0.1) is 0 Å². The Morgan fingerprint density at radius 2 is 2.14 bits per heavy atom. The monoisotopic (exact) mass is 307 g/mol. The van der Waals surface area contributed by atoms with E-state index in [-0.39, 0.29) is 23.1 Å². The third kappa shape index (κ3) is 3.24. The number of hydrogen-bond donors (Lipinski definition) is 2. The molecule has 1 heterocycles. The van der Waals surface area contributed by atoms with Crippen LogP contribution in [0, 0.1) is 11.3 Å². The van der Waals surface area contributed by atoms with Crippen molar-refractivity contribution < 1.29 is 19.1 Å². The number of hydrogen-bond acceptors (Lipinski definition) is 5. The van der Waals surface area contributed by atoms with Crippen molar-refractivity contribution in [1.29, 1.82) is 5.26 Å². The second-order valence-electron chi connectivity index (χ2n) is 3.95. The molecule has 0 aromatic heterocycles. The molecule has 1 aromatic carbocycles. The zero-order valence-corrected chi connectivity index (χ0v) is 11.7. The summed E-state index contributed by atoms with van der Waals surface area (Å²) in [5.74, 6) is 0.0250. The maximum Gasteiger partial charge on any atom is 0.326 e. The lowest BCUT2D eigenvalue weighted by Crippen LogP contribution is -2.22. The Morgan fingerprint density at radius 1 is 1.38 bits per heavy atom. The topological polar surface area (TPSA) is 100 Å². The number of amides is 3. The number of carbonyl (C=O) groups is 2. The van der Waals surface area contributed by atoms with Gasteiger partial charge >= 0.3 is 6.03 Å². The molecule has 3 amide bonds. The first-order valence-corrected chi connectivity index (χ1v) is 6.14. The lowest BCUT2D eigenvalue weighted by atomic mass is 10.1. The molecule has 0 saturated carbocycles. The quantitative estimate of drug-likeness (QED) is 0.647. The molecule has 0 radical (unpaired) electrons. The molecule has 0 bridgehead atoms. The SMILES string of the molecule is COc1cc(C=C2NC(=O)NC2=O)cc(Cl)c1OCC#N. The maximum atomic E-state index is 11.4. The fourth-order valence-corrected chi connectivity index (χ4v) is 1.99. The predicted molar refractivity (Wildman–Crippen MR) is 73.8 cm³/mol. The number of nitriles is 1. The van der Waals surface area contributed by atoms with Gasteiger partial charge in [0.15, 0.2) is 18.1 Å². The van der Waals surface area contributed by atoms with Gasteiger partial charge in [-0.1, -0.05) is 11.6 Å². The number of ether oxygens (including phenoxy) is 2. The summed E-state index contributed by atoms with van der Waals surface area (Å²) < 4.78 is 10.3. The van der Waals surface area contributed by atoms with Crippen LogP contribution >= 0.6 is 11.6 Å². The average molecular weight is 308 g/mol. The van der Waals surface area contributed by atoms with Crippen molar-refractivity contribution in [3.8, 4) is 17.6 Å². The highest BCUT2D eigenvalue weighted by atomic mass is 35.5. The highest BCUT2D eigenvalue weighted by molar-refractivity contribution is 6.32. The Hall–Kier alpha value is -2.72. The second kappa shape index (κ2) is 6.15. The van der Waals surface area contributed by atoms with E-state index in [2.05, 4.69) is 10.6 Å². The number of benzene rings is 1. The van der Waals surface area contributed by atoms with Gasteiger partial charge < -0.3 is 14.8 Å². The first kappa shape index (κ1) is 14.7. The fourth-order valence-electron chi connectivity index (χ4n) is 1.72. The van der Waals surface area contributed by atoms with E-state index >= 15 is 0 Å². The van der Waals surface area contributed by atoms with Crippen molar-refractivity contribution in [1.82, 2.24) is 10.6 Å². The van der Waals surface area contributed by atoms with Crippen LogP contribution in [0.1, 0.15) is 5.56 Å². The Labute approximate surface area is 125 Å². The molecule has 0 atom stereocenters. The lowest BCUT2D eigenvalue weighted by molar-refractivity contribution is -0.115. The molecule has 1 aromatic rings. The van der Waals surface area contributed by atoms with Gasteiger partial charge in [0.2, 0.25) is 0 Å². The predicted octanol–water partition coefficient (Wildman–Crippen LogP) is 1.43. The van der Waals surface area contributed by atoms with Gasteiger partial charge in [-0.25, -0.2) is 4.79 Å². The molecule has 1 aliphatic rings. The molecule has 7 nitrogen and oxygen atoms in total. The minimum Gasteiger partial charge on any atom is -0.493 e. The minimum absolute atomic E-state index is 0.101. The summed E-state index contributed by atoms with van der Waals surface area (Å²) in [6.07, 6.45) is 1.45. The summed E-state index contributed by atoms with van der Waals surface area (Å²) in [5, 5.41) is 13.2. The Bertz CT molecular complexity index is 679. The average Bonchev–Trinajstić information content (AvgIpc) is 2.75. The molecule has 8 heteroatoms. The summed E-state index contributed by atoms with van der Waals surface area (Å²) in [6.45, 7) is -0.172. The number of carbonyl (C=O) groups excluding carboxylic acids is 2. The number of imide groups is 1. The van der Waals surface area contributed by atoms with Gasteiger partial charge in [-0.05, 0) is 23.8 Å². The van der Waals surface area contributed by atoms with Crippen LogP contribution in [0.25, 0.3) is 6.08 Å². The van der Waals surface area contributed by atoms with Crippen LogP contribution in [0.2, 0.25) is 5.02 Å². The third-order valence-corrected chi connectivity index (χ3v) is 2.84. The molecular formula is C13H10ClN3O4. The van der Waals surface area contributed by atoms with E-state index in [1.165, 1.54) is 19.3 Å². The van der Waals surface area contributed by atoms with E-state index in [1.54, 1.807) is 6.07 Å². The van der Waals surface area contributed by atoms with E-state index in [0.29, 0.717) is 11.3 Å². The van der Waals surface area contributed by atoms with Crippen LogP contribution in [0.15, 0.2) is 17.8 Å². The Kier molecular flexibility index (Phi) is 4.30. The van der Waals surface area contributed by atoms with Crippen molar-refractivity contribution in [2.75, 3.05) is 13.7 Å². The molecule has 0 spiro atoms. The van der Waals surface area contributed by atoms with Gasteiger partial charge in [0.05, 0.1) is 12.1 Å². The van der Waals surface area contributed by atoms with Gasteiger partial charge in [-0.3, -0.25) is 10.1 Å². The molecule has 2 N–H and O–H groups in total. The van der Waals surface area contributed by atoms with Crippen LogP contribution in [0.5, 0.6) is 11.5 Å². The van der Waals surface area contributed by atoms with Gasteiger partial charge in [0, 0.05) is 0 Å². The third-order valence-electron chi connectivity index (χ3n) is 2.56. The van der Waals surface area contributed by atoms with E-state index < -0.39 is 11.9 Å². The lowest BCUT2D eigenvalue weighted by Gasteiger charge is -2.11. The first-order chi connectivity index (χ1) is 10.0. The van der Waals surface area contributed by atoms with Gasteiger partial charge in [-0.2, -0.15) is 5.26 Å². The first-order valence-electron chi connectivity index (χ1n) is 5.76. The largest absolute Gasteiger partial charge is 0.493 e. The molecule has 0 aliphatic carbocycles. The van der Waals surface area contributed by atoms with Crippen molar-refractivity contribution in [3.63, 3.8) is 0 Å². The van der Waals surface area contributed by atoms with Crippen molar-refractivity contribution in [3.05, 3.63) is 28.4 Å². The zero-order chi connectivity index (χ0) is 15.4. The Morgan fingerprint density at radius 3 is 2.71 bits per heavy atom. The summed E-state index contributed by atoms with van der Waals surface area (Å²) >= 11 is 6.07.